The van der Waals surface area contributed by atoms with Crippen molar-refractivity contribution in [2.75, 3.05) is 0 Å². The van der Waals surface area contributed by atoms with E-state index in [0.29, 0.717) is 0 Å². The topological polar surface area (TPSA) is 108 Å². The van der Waals surface area contributed by atoms with Crippen LogP contribution in [0, 0.1) is 22.9 Å². The number of hydrogen-bond acceptors (Lipinski definition) is 4. The molecule has 0 atom stereocenters. The number of rotatable bonds is 9. The van der Waals surface area contributed by atoms with E-state index in [9.17, 15) is 0 Å². The monoisotopic (exact) mass is 307 g/mol. The molecule has 0 saturated carbocycles. The van der Waals surface area contributed by atoms with E-state index in [1.165, 1.54) is 70.3 Å². The molecule has 0 aliphatic carbocycles. The van der Waals surface area contributed by atoms with Gasteiger partial charge in [-0.2, -0.15) is 10.5 Å². The third-order valence-corrected chi connectivity index (χ3v) is 3.09. The Kier molecular flexibility index (Phi) is 18.9. The van der Waals surface area contributed by atoms with Gasteiger partial charge in [-0.15, -0.1) is 0 Å². The van der Waals surface area contributed by atoms with Gasteiger partial charge in [-0.1, -0.05) is 45.4 Å². The summed E-state index contributed by atoms with van der Waals surface area (Å²) >= 11 is 0. The summed E-state index contributed by atoms with van der Waals surface area (Å²) in [6.07, 6.45) is 20.1. The molecule has 4 N–H and O–H groups in total. The van der Waals surface area contributed by atoms with E-state index in [1.54, 1.807) is 0 Å². The van der Waals surface area contributed by atoms with Crippen LogP contribution in [0.2, 0.25) is 0 Å². The second-order valence-electron chi connectivity index (χ2n) is 5.05. The summed E-state index contributed by atoms with van der Waals surface area (Å²) in [7, 11) is 2.07. The van der Waals surface area contributed by atoms with Gasteiger partial charge >= 0.3 is 0 Å². The Balaban J connectivity index is 0. The lowest BCUT2D eigenvalue weighted by molar-refractivity contribution is -0.671. The molecule has 1 rings (SSSR count). The average molecular weight is 307 g/mol. The molecule has 0 amide bonds. The van der Waals surface area contributed by atoms with Gasteiger partial charge in [0.25, 0.3) is 0 Å². The standard InChI is InChI=1S/C14H27N2.2CH2N2/c1-3-4-5-6-7-8-9-10-11-16-13-12-15(2)14-16;2*2-1-3/h12-14H,3-11H2,1-2H3;2*2H2/q+1;;. The van der Waals surface area contributed by atoms with Gasteiger partial charge in [-0.3, -0.25) is 0 Å². The molecule has 1 aromatic rings. The zero-order valence-corrected chi connectivity index (χ0v) is 14.0. The van der Waals surface area contributed by atoms with Gasteiger partial charge < -0.3 is 11.5 Å². The minimum Gasteiger partial charge on any atom is -0.337 e. The SMILES string of the molecule is CCCCCCCCCCn1cc[n+](C)c1.N#CN.N#CN. The average Bonchev–Trinajstić information content (AvgIpc) is 2.89. The van der Waals surface area contributed by atoms with Gasteiger partial charge in [-0.05, 0) is 12.8 Å². The maximum Gasteiger partial charge on any atom is 0.243 e. The third-order valence-electron chi connectivity index (χ3n) is 3.09. The zero-order valence-electron chi connectivity index (χ0n) is 14.0. The van der Waals surface area contributed by atoms with Crippen molar-refractivity contribution in [1.29, 1.82) is 10.5 Å². The van der Waals surface area contributed by atoms with Gasteiger partial charge in [0.15, 0.2) is 12.4 Å². The van der Waals surface area contributed by atoms with Crippen molar-refractivity contribution < 1.29 is 4.57 Å². The van der Waals surface area contributed by atoms with E-state index in [2.05, 4.69) is 53.3 Å². The van der Waals surface area contributed by atoms with E-state index in [-0.39, 0.29) is 0 Å². The number of nitriles is 2. The van der Waals surface area contributed by atoms with Crippen molar-refractivity contribution in [2.24, 2.45) is 18.5 Å². The Morgan fingerprint density at radius 3 is 1.82 bits per heavy atom. The Labute approximate surface area is 135 Å². The van der Waals surface area contributed by atoms with Crippen molar-refractivity contribution in [3.8, 4) is 12.4 Å². The van der Waals surface area contributed by atoms with Crippen LogP contribution in [0.3, 0.4) is 0 Å². The number of aromatic nitrogens is 2. The van der Waals surface area contributed by atoms with Crippen LogP contribution in [0.5, 0.6) is 0 Å². The molecule has 0 unspecified atom stereocenters. The van der Waals surface area contributed by atoms with Crippen LogP contribution >= 0.6 is 0 Å². The first-order valence-electron chi connectivity index (χ1n) is 7.86. The molecule has 0 aliphatic heterocycles. The van der Waals surface area contributed by atoms with Crippen LogP contribution in [0.4, 0.5) is 0 Å². The molecule has 0 aromatic carbocycles. The number of nitrogens with two attached hydrogens (primary N) is 2. The lowest BCUT2D eigenvalue weighted by Crippen LogP contribution is -2.23. The highest BCUT2D eigenvalue weighted by Crippen LogP contribution is 2.08. The van der Waals surface area contributed by atoms with Crippen LogP contribution in [0.25, 0.3) is 0 Å². The van der Waals surface area contributed by atoms with Gasteiger partial charge in [0.2, 0.25) is 6.33 Å². The number of imidazole rings is 1. The van der Waals surface area contributed by atoms with E-state index in [1.807, 2.05) is 0 Å². The fourth-order valence-corrected chi connectivity index (χ4v) is 2.06. The Bertz CT molecular complexity index is 401. The van der Waals surface area contributed by atoms with Crippen LogP contribution in [0.15, 0.2) is 18.7 Å². The van der Waals surface area contributed by atoms with E-state index < -0.39 is 0 Å². The van der Waals surface area contributed by atoms with Gasteiger partial charge in [-0.25, -0.2) is 9.13 Å². The first-order valence-corrected chi connectivity index (χ1v) is 7.86. The van der Waals surface area contributed by atoms with Crippen molar-refractivity contribution >= 4 is 0 Å². The fourth-order valence-electron chi connectivity index (χ4n) is 2.06. The Hall–Kier alpha value is -2.21. The molecular weight excluding hydrogens is 276 g/mol. The molecule has 0 bridgehead atoms. The minimum absolute atomic E-state index is 1.18. The highest BCUT2D eigenvalue weighted by molar-refractivity contribution is 4.65. The molecule has 1 heterocycles. The van der Waals surface area contributed by atoms with Gasteiger partial charge in [0.05, 0.1) is 13.6 Å². The lowest BCUT2D eigenvalue weighted by atomic mass is 10.1. The maximum atomic E-state index is 7.10. The molecule has 6 nitrogen and oxygen atoms in total. The van der Waals surface area contributed by atoms with Crippen LogP contribution in [0.1, 0.15) is 58.3 Å². The third kappa shape index (κ3) is 17.8. The molecule has 1 aromatic heterocycles. The molecule has 0 saturated heterocycles. The Morgan fingerprint density at radius 2 is 1.41 bits per heavy atom. The number of aryl methyl sites for hydroxylation is 2. The quantitative estimate of drug-likeness (QED) is 0.316. The van der Waals surface area contributed by atoms with Crippen molar-refractivity contribution in [3.63, 3.8) is 0 Å². The first-order chi connectivity index (χ1) is 10.7. The molecule has 124 valence electrons. The second-order valence-corrected chi connectivity index (χ2v) is 5.05. The van der Waals surface area contributed by atoms with Crippen LogP contribution in [-0.2, 0) is 13.6 Å². The van der Waals surface area contributed by atoms with Gasteiger partial charge in [0, 0.05) is 0 Å². The van der Waals surface area contributed by atoms with Crippen LogP contribution in [-0.4, -0.2) is 4.57 Å². The predicted octanol–water partition coefficient (Wildman–Crippen LogP) is 2.31. The summed E-state index contributed by atoms with van der Waals surface area (Å²) in [6, 6.07) is 0. The van der Waals surface area contributed by atoms with Gasteiger partial charge in [0.1, 0.15) is 12.4 Å². The molecular formula is C16H31N6+. The molecule has 0 spiro atoms. The molecule has 0 aliphatic rings. The summed E-state index contributed by atoms with van der Waals surface area (Å²) < 4.78 is 4.38. The fraction of sp³-hybridized carbons (Fsp3) is 0.688. The summed E-state index contributed by atoms with van der Waals surface area (Å²) in [5.41, 5.74) is 8.31. The highest BCUT2D eigenvalue weighted by Gasteiger charge is 1.98. The number of nitrogens with zero attached hydrogens (tertiary/aromatic N) is 4. The normalized spacial score (nSPS) is 8.55. The summed E-state index contributed by atoms with van der Waals surface area (Å²) in [5.74, 6) is 0. The summed E-state index contributed by atoms with van der Waals surface area (Å²) in [6.45, 7) is 3.45. The molecule has 0 radical (unpaired) electrons. The summed E-state index contributed by atoms with van der Waals surface area (Å²) in [5, 5.41) is 14.2. The predicted molar refractivity (Wildman–Crippen MR) is 87.8 cm³/mol. The second kappa shape index (κ2) is 18.8. The van der Waals surface area contributed by atoms with Crippen LogP contribution < -0.4 is 16.0 Å². The molecule has 0 fully saturated rings. The largest absolute Gasteiger partial charge is 0.337 e. The zero-order chi connectivity index (χ0) is 17.1. The van der Waals surface area contributed by atoms with Crippen molar-refractivity contribution in [2.45, 2.75) is 64.8 Å². The van der Waals surface area contributed by atoms with Crippen molar-refractivity contribution in [1.82, 2.24) is 4.57 Å². The van der Waals surface area contributed by atoms with E-state index in [4.69, 9.17) is 10.5 Å². The molecule has 6 heteroatoms. The number of hydrogen-bond donors (Lipinski definition) is 2. The minimum atomic E-state index is 1.18. The lowest BCUT2D eigenvalue weighted by Gasteiger charge is -2.00. The van der Waals surface area contributed by atoms with E-state index in [0.717, 1.165) is 0 Å². The highest BCUT2D eigenvalue weighted by atomic mass is 15.1. The first kappa shape index (κ1) is 22.1. The Morgan fingerprint density at radius 1 is 0.955 bits per heavy atom. The van der Waals surface area contributed by atoms with E-state index >= 15 is 0 Å². The van der Waals surface area contributed by atoms with Crippen molar-refractivity contribution in [3.05, 3.63) is 18.7 Å². The number of unbranched alkanes of at least 4 members (excludes halogenated alkanes) is 7. The molecule has 22 heavy (non-hydrogen) atoms. The summed E-state index contributed by atoms with van der Waals surface area (Å²) in [4.78, 5) is 0. The maximum absolute atomic E-state index is 7.10. The smallest absolute Gasteiger partial charge is 0.243 e.